The van der Waals surface area contributed by atoms with E-state index in [0.717, 1.165) is 12.5 Å². The van der Waals surface area contributed by atoms with Crippen molar-refractivity contribution in [2.24, 2.45) is 5.92 Å². The van der Waals surface area contributed by atoms with Crippen LogP contribution in [0.5, 0.6) is 0 Å². The smallest absolute Gasteiger partial charge is 0.0285 e. The highest BCUT2D eigenvalue weighted by Crippen LogP contribution is 2.32. The van der Waals surface area contributed by atoms with Crippen LogP contribution < -0.4 is 5.32 Å². The molecule has 3 heteroatoms. The molecule has 0 saturated heterocycles. The van der Waals surface area contributed by atoms with E-state index in [0.29, 0.717) is 6.04 Å². The maximum atomic E-state index is 3.72. The van der Waals surface area contributed by atoms with Gasteiger partial charge in [-0.05, 0) is 60.1 Å². The minimum absolute atomic E-state index is 0.708. The van der Waals surface area contributed by atoms with Crippen LogP contribution in [0, 0.1) is 5.92 Å². The number of rotatable bonds is 6. The molecule has 1 aromatic rings. The maximum Gasteiger partial charge on any atom is 0.0285 e. The van der Waals surface area contributed by atoms with E-state index in [9.17, 15) is 0 Å². The molecule has 1 heterocycles. The van der Waals surface area contributed by atoms with Crippen LogP contribution >= 0.6 is 27.3 Å². The van der Waals surface area contributed by atoms with Crippen LogP contribution in [0.2, 0.25) is 0 Å². The van der Waals surface area contributed by atoms with Crippen LogP contribution in [-0.4, -0.2) is 12.6 Å². The van der Waals surface area contributed by atoms with E-state index >= 15 is 0 Å². The summed E-state index contributed by atoms with van der Waals surface area (Å²) < 4.78 is 1.23. The summed E-state index contributed by atoms with van der Waals surface area (Å²) in [6.07, 6.45) is 6.73. The van der Waals surface area contributed by atoms with Gasteiger partial charge in [-0.25, -0.2) is 0 Å². The quantitative estimate of drug-likeness (QED) is 0.829. The molecule has 1 fully saturated rings. The lowest BCUT2D eigenvalue weighted by Crippen LogP contribution is -2.41. The van der Waals surface area contributed by atoms with Gasteiger partial charge in [0.25, 0.3) is 0 Å². The highest BCUT2D eigenvalue weighted by atomic mass is 79.9. The van der Waals surface area contributed by atoms with Crippen LogP contribution in [0.1, 0.15) is 37.5 Å². The van der Waals surface area contributed by atoms with E-state index in [1.807, 2.05) is 11.3 Å². The van der Waals surface area contributed by atoms with E-state index in [-0.39, 0.29) is 0 Å². The Labute approximate surface area is 111 Å². The molecule has 1 nitrogen and oxygen atoms in total. The zero-order valence-corrected chi connectivity index (χ0v) is 12.2. The fourth-order valence-corrected chi connectivity index (χ4v) is 3.77. The average Bonchev–Trinajstić information content (AvgIpc) is 2.58. The van der Waals surface area contributed by atoms with Crippen molar-refractivity contribution < 1.29 is 0 Å². The first-order valence-corrected chi connectivity index (χ1v) is 7.93. The second-order valence-corrected chi connectivity index (χ2v) is 6.60. The van der Waals surface area contributed by atoms with Crippen molar-refractivity contribution >= 4 is 27.3 Å². The van der Waals surface area contributed by atoms with Crippen molar-refractivity contribution in [2.75, 3.05) is 6.54 Å². The Bertz CT molecular complexity index is 319. The van der Waals surface area contributed by atoms with Gasteiger partial charge < -0.3 is 5.32 Å². The van der Waals surface area contributed by atoms with Crippen molar-refractivity contribution in [3.05, 3.63) is 20.8 Å². The first kappa shape index (κ1) is 12.6. The monoisotopic (exact) mass is 301 g/mol. The number of nitrogens with one attached hydrogen (secondary N) is 1. The molecule has 0 spiro atoms. The van der Waals surface area contributed by atoms with Gasteiger partial charge in [0.2, 0.25) is 0 Å². The molecule has 2 rings (SSSR count). The standard InChI is InChI=1S/C13H20BrNS/c1-2-6-15-13(10-4-3-5-10)8-12-7-11(14)9-16-12/h7,9-10,13,15H,2-6,8H2,1H3. The van der Waals surface area contributed by atoms with Crippen molar-refractivity contribution in [3.63, 3.8) is 0 Å². The van der Waals surface area contributed by atoms with Crippen molar-refractivity contribution in [1.29, 1.82) is 0 Å². The molecule has 90 valence electrons. The zero-order valence-electron chi connectivity index (χ0n) is 9.84. The lowest BCUT2D eigenvalue weighted by Gasteiger charge is -2.34. The normalized spacial score (nSPS) is 18.4. The summed E-state index contributed by atoms with van der Waals surface area (Å²) in [5.41, 5.74) is 0. The Kier molecular flexibility index (Phi) is 4.86. The Morgan fingerprint density at radius 1 is 1.56 bits per heavy atom. The van der Waals surface area contributed by atoms with E-state index in [1.54, 1.807) is 0 Å². The number of thiophene rings is 1. The SMILES string of the molecule is CCCNC(Cc1cc(Br)cs1)C1CCC1. The fourth-order valence-electron chi connectivity index (χ4n) is 2.26. The molecule has 1 aromatic heterocycles. The summed E-state index contributed by atoms with van der Waals surface area (Å²) in [6, 6.07) is 2.98. The molecular formula is C13H20BrNS. The average molecular weight is 302 g/mol. The van der Waals surface area contributed by atoms with E-state index in [4.69, 9.17) is 0 Å². The van der Waals surface area contributed by atoms with E-state index < -0.39 is 0 Å². The van der Waals surface area contributed by atoms with Gasteiger partial charge in [-0.2, -0.15) is 0 Å². The van der Waals surface area contributed by atoms with Gasteiger partial charge in [0.1, 0.15) is 0 Å². The first-order valence-electron chi connectivity index (χ1n) is 6.26. The van der Waals surface area contributed by atoms with Gasteiger partial charge in [-0.1, -0.05) is 13.3 Å². The fraction of sp³-hybridized carbons (Fsp3) is 0.692. The molecule has 1 atom stereocenters. The molecule has 0 amide bonds. The topological polar surface area (TPSA) is 12.0 Å². The molecular weight excluding hydrogens is 282 g/mol. The molecule has 0 aliphatic heterocycles. The minimum atomic E-state index is 0.708. The van der Waals surface area contributed by atoms with Crippen LogP contribution in [0.15, 0.2) is 15.9 Å². The van der Waals surface area contributed by atoms with Gasteiger partial charge in [-0.15, -0.1) is 11.3 Å². The molecule has 0 aromatic carbocycles. The van der Waals surface area contributed by atoms with E-state index in [1.165, 1.54) is 41.5 Å². The minimum Gasteiger partial charge on any atom is -0.313 e. The van der Waals surface area contributed by atoms with Gasteiger partial charge in [0, 0.05) is 20.8 Å². The third-order valence-electron chi connectivity index (χ3n) is 3.42. The van der Waals surface area contributed by atoms with Gasteiger partial charge in [0.15, 0.2) is 0 Å². The summed E-state index contributed by atoms with van der Waals surface area (Å²) in [5, 5.41) is 5.91. The molecule has 1 saturated carbocycles. The summed E-state index contributed by atoms with van der Waals surface area (Å²) >= 11 is 5.41. The predicted octanol–water partition coefficient (Wildman–Crippen LogP) is 4.22. The van der Waals surface area contributed by atoms with Gasteiger partial charge >= 0.3 is 0 Å². The van der Waals surface area contributed by atoms with Crippen molar-refractivity contribution in [3.8, 4) is 0 Å². The summed E-state index contributed by atoms with van der Waals surface area (Å²) in [5.74, 6) is 0.924. The highest BCUT2D eigenvalue weighted by Gasteiger charge is 2.27. The van der Waals surface area contributed by atoms with Crippen molar-refractivity contribution in [1.82, 2.24) is 5.32 Å². The molecule has 1 aliphatic carbocycles. The lowest BCUT2D eigenvalue weighted by atomic mass is 9.78. The van der Waals surface area contributed by atoms with Crippen LogP contribution in [0.25, 0.3) is 0 Å². The maximum absolute atomic E-state index is 3.72. The summed E-state index contributed by atoms with van der Waals surface area (Å²) in [7, 11) is 0. The molecule has 1 unspecified atom stereocenters. The van der Waals surface area contributed by atoms with Crippen LogP contribution in [-0.2, 0) is 6.42 Å². The third kappa shape index (κ3) is 3.31. The zero-order chi connectivity index (χ0) is 11.4. The first-order chi connectivity index (χ1) is 7.79. The second-order valence-electron chi connectivity index (χ2n) is 4.69. The van der Waals surface area contributed by atoms with Crippen LogP contribution in [0.3, 0.4) is 0 Å². The lowest BCUT2D eigenvalue weighted by molar-refractivity contribution is 0.228. The Hall–Kier alpha value is 0.140. The van der Waals surface area contributed by atoms with Gasteiger partial charge in [0.05, 0.1) is 0 Å². The number of hydrogen-bond acceptors (Lipinski definition) is 2. The molecule has 16 heavy (non-hydrogen) atoms. The third-order valence-corrected chi connectivity index (χ3v) is 5.14. The van der Waals surface area contributed by atoms with Gasteiger partial charge in [-0.3, -0.25) is 0 Å². The molecule has 1 aliphatic rings. The molecule has 0 bridgehead atoms. The summed E-state index contributed by atoms with van der Waals surface area (Å²) in [4.78, 5) is 1.51. The Morgan fingerprint density at radius 3 is 2.88 bits per heavy atom. The number of halogens is 1. The number of hydrogen-bond donors (Lipinski definition) is 1. The predicted molar refractivity (Wildman–Crippen MR) is 75.1 cm³/mol. The molecule has 0 radical (unpaired) electrons. The van der Waals surface area contributed by atoms with Crippen LogP contribution in [0.4, 0.5) is 0 Å². The Morgan fingerprint density at radius 2 is 2.38 bits per heavy atom. The van der Waals surface area contributed by atoms with Crippen molar-refractivity contribution in [2.45, 2.75) is 45.1 Å². The highest BCUT2D eigenvalue weighted by molar-refractivity contribution is 9.10. The van der Waals surface area contributed by atoms with E-state index in [2.05, 4.69) is 39.6 Å². The summed E-state index contributed by atoms with van der Waals surface area (Å²) in [6.45, 7) is 3.40. The molecule has 1 N–H and O–H groups in total. The Balaban J connectivity index is 1.90. The largest absolute Gasteiger partial charge is 0.313 e. The second kappa shape index (κ2) is 6.18.